The summed E-state index contributed by atoms with van der Waals surface area (Å²) in [4.78, 5) is 43.6. The second kappa shape index (κ2) is 9.54. The molecule has 0 fully saturated rings. The molecule has 9 heteroatoms. The maximum absolute atomic E-state index is 12.3. The standard InChI is InChI=1S/C20H22N6O3/c1-13(25-26-20(29)19(28)24-17-12-21-9-10-22-17)11-18(27)23-16-8-4-6-14-5-2-3-7-15(14)16/h4,6,8-10,12H,2-3,5,7,11H2,1H3,(H,23,27)(H,26,29)(H,22,24,28)/b25-13+. The molecule has 0 bridgehead atoms. The molecule has 1 aromatic heterocycles. The molecule has 1 aromatic carbocycles. The van der Waals surface area contributed by atoms with Gasteiger partial charge < -0.3 is 10.6 Å². The molecule has 150 valence electrons. The van der Waals surface area contributed by atoms with Gasteiger partial charge in [-0.05, 0) is 49.8 Å². The molecule has 0 unspecified atom stereocenters. The normalized spacial score (nSPS) is 13.2. The molecule has 3 amide bonds. The number of hydrazone groups is 1. The van der Waals surface area contributed by atoms with Crippen LogP contribution >= 0.6 is 0 Å². The van der Waals surface area contributed by atoms with Gasteiger partial charge in [0.2, 0.25) is 5.91 Å². The Balaban J connectivity index is 1.51. The van der Waals surface area contributed by atoms with Crippen LogP contribution in [0.15, 0.2) is 41.9 Å². The van der Waals surface area contributed by atoms with Crippen molar-refractivity contribution in [2.45, 2.75) is 39.0 Å². The number of hydrogen-bond acceptors (Lipinski definition) is 6. The molecule has 1 aliphatic carbocycles. The number of fused-ring (bicyclic) bond motifs is 1. The van der Waals surface area contributed by atoms with E-state index in [-0.39, 0.29) is 18.1 Å². The Bertz CT molecular complexity index is 942. The number of amides is 3. The van der Waals surface area contributed by atoms with Crippen molar-refractivity contribution in [3.8, 4) is 0 Å². The zero-order valence-corrected chi connectivity index (χ0v) is 16.1. The van der Waals surface area contributed by atoms with Gasteiger partial charge in [-0.3, -0.25) is 19.4 Å². The van der Waals surface area contributed by atoms with Crippen LogP contribution in [0.25, 0.3) is 0 Å². The Morgan fingerprint density at radius 2 is 1.90 bits per heavy atom. The van der Waals surface area contributed by atoms with Crippen molar-refractivity contribution in [2.24, 2.45) is 5.10 Å². The molecule has 0 spiro atoms. The van der Waals surface area contributed by atoms with Gasteiger partial charge in [0.1, 0.15) is 0 Å². The predicted molar refractivity (Wildman–Crippen MR) is 108 cm³/mol. The van der Waals surface area contributed by atoms with E-state index in [1.165, 1.54) is 36.1 Å². The molecule has 0 saturated heterocycles. The maximum Gasteiger partial charge on any atom is 0.329 e. The number of nitrogens with zero attached hydrogens (tertiary/aromatic N) is 3. The Labute approximate surface area is 168 Å². The maximum atomic E-state index is 12.3. The molecule has 1 heterocycles. The fourth-order valence-corrected chi connectivity index (χ4v) is 3.10. The van der Waals surface area contributed by atoms with Crippen LogP contribution in [0, 0.1) is 0 Å². The van der Waals surface area contributed by atoms with E-state index in [1.54, 1.807) is 6.92 Å². The number of nitrogens with one attached hydrogen (secondary N) is 3. The lowest BCUT2D eigenvalue weighted by molar-refractivity contribution is -0.136. The SMILES string of the molecule is C/C(CC(=O)Nc1cccc2c1CCCC2)=N\NC(=O)C(=O)Nc1cnccn1. The van der Waals surface area contributed by atoms with Crippen molar-refractivity contribution in [1.82, 2.24) is 15.4 Å². The summed E-state index contributed by atoms with van der Waals surface area (Å²) < 4.78 is 0. The van der Waals surface area contributed by atoms with E-state index < -0.39 is 11.8 Å². The summed E-state index contributed by atoms with van der Waals surface area (Å²) in [5, 5.41) is 9.03. The van der Waals surface area contributed by atoms with Gasteiger partial charge in [0.05, 0.1) is 12.6 Å². The van der Waals surface area contributed by atoms with E-state index in [0.29, 0.717) is 5.71 Å². The molecule has 0 radical (unpaired) electrons. The number of carbonyl (C=O) groups is 3. The Hall–Kier alpha value is -3.62. The van der Waals surface area contributed by atoms with Gasteiger partial charge in [0.25, 0.3) is 0 Å². The van der Waals surface area contributed by atoms with Gasteiger partial charge in [-0.2, -0.15) is 5.10 Å². The van der Waals surface area contributed by atoms with Crippen molar-refractivity contribution in [1.29, 1.82) is 0 Å². The van der Waals surface area contributed by atoms with E-state index >= 15 is 0 Å². The van der Waals surface area contributed by atoms with Crippen LogP contribution in [-0.2, 0) is 27.2 Å². The van der Waals surface area contributed by atoms with Crippen LogP contribution < -0.4 is 16.1 Å². The minimum Gasteiger partial charge on any atom is -0.325 e. The number of aromatic nitrogens is 2. The summed E-state index contributed by atoms with van der Waals surface area (Å²) >= 11 is 0. The van der Waals surface area contributed by atoms with Gasteiger partial charge in [-0.1, -0.05) is 12.1 Å². The zero-order valence-electron chi connectivity index (χ0n) is 16.1. The number of rotatable bonds is 5. The predicted octanol–water partition coefficient (Wildman–Crippen LogP) is 1.81. The van der Waals surface area contributed by atoms with Crippen LogP contribution in [0.1, 0.15) is 37.3 Å². The van der Waals surface area contributed by atoms with E-state index in [1.807, 2.05) is 12.1 Å². The molecule has 9 nitrogen and oxygen atoms in total. The summed E-state index contributed by atoms with van der Waals surface area (Å²) in [5.74, 6) is -1.97. The highest BCUT2D eigenvalue weighted by Gasteiger charge is 2.16. The van der Waals surface area contributed by atoms with E-state index in [9.17, 15) is 14.4 Å². The number of aryl methyl sites for hydroxylation is 1. The average molecular weight is 394 g/mol. The first-order valence-electron chi connectivity index (χ1n) is 9.34. The summed E-state index contributed by atoms with van der Waals surface area (Å²) in [7, 11) is 0. The van der Waals surface area contributed by atoms with E-state index in [4.69, 9.17) is 0 Å². The lowest BCUT2D eigenvalue weighted by Crippen LogP contribution is -2.33. The van der Waals surface area contributed by atoms with Crippen LogP contribution in [0.4, 0.5) is 11.5 Å². The molecule has 1 aliphatic rings. The first-order valence-corrected chi connectivity index (χ1v) is 9.34. The monoisotopic (exact) mass is 394 g/mol. The Morgan fingerprint density at radius 1 is 1.07 bits per heavy atom. The number of carbonyl (C=O) groups excluding carboxylic acids is 3. The summed E-state index contributed by atoms with van der Waals surface area (Å²) in [6.45, 7) is 1.60. The minimum absolute atomic E-state index is 0.00424. The zero-order chi connectivity index (χ0) is 20.6. The van der Waals surface area contributed by atoms with Gasteiger partial charge in [-0.25, -0.2) is 10.4 Å². The lowest BCUT2D eigenvalue weighted by Gasteiger charge is -2.19. The topological polar surface area (TPSA) is 125 Å². The van der Waals surface area contributed by atoms with Crippen molar-refractivity contribution in [3.63, 3.8) is 0 Å². The van der Waals surface area contributed by atoms with Gasteiger partial charge in [0, 0.05) is 23.8 Å². The van der Waals surface area contributed by atoms with E-state index in [2.05, 4.69) is 37.2 Å². The number of benzene rings is 1. The van der Waals surface area contributed by atoms with Crippen LogP contribution in [0.2, 0.25) is 0 Å². The highest BCUT2D eigenvalue weighted by Crippen LogP contribution is 2.27. The second-order valence-electron chi connectivity index (χ2n) is 6.71. The van der Waals surface area contributed by atoms with Crippen LogP contribution in [0.3, 0.4) is 0 Å². The summed E-state index contributed by atoms with van der Waals surface area (Å²) in [5.41, 5.74) is 5.79. The molecule has 0 aliphatic heterocycles. The molecule has 0 atom stereocenters. The largest absolute Gasteiger partial charge is 0.329 e. The van der Waals surface area contributed by atoms with Crippen LogP contribution in [0.5, 0.6) is 0 Å². The third-order valence-electron chi connectivity index (χ3n) is 4.45. The number of anilines is 2. The quantitative estimate of drug-likeness (QED) is 0.405. The molecule has 3 N–H and O–H groups in total. The highest BCUT2D eigenvalue weighted by atomic mass is 16.2. The fourth-order valence-electron chi connectivity index (χ4n) is 3.10. The highest BCUT2D eigenvalue weighted by molar-refractivity contribution is 6.39. The van der Waals surface area contributed by atoms with Crippen molar-refractivity contribution in [3.05, 3.63) is 47.9 Å². The molecular formula is C20H22N6O3. The smallest absolute Gasteiger partial charge is 0.325 e. The molecular weight excluding hydrogens is 372 g/mol. The first kappa shape index (κ1) is 20.1. The fraction of sp³-hybridized carbons (Fsp3) is 0.300. The van der Waals surface area contributed by atoms with Crippen molar-refractivity contribution in [2.75, 3.05) is 10.6 Å². The second-order valence-corrected chi connectivity index (χ2v) is 6.71. The molecule has 2 aromatic rings. The Kier molecular flexibility index (Phi) is 6.62. The molecule has 3 rings (SSSR count). The summed E-state index contributed by atoms with van der Waals surface area (Å²) in [6.07, 6.45) is 8.40. The lowest BCUT2D eigenvalue weighted by atomic mass is 9.90. The molecule has 0 saturated carbocycles. The van der Waals surface area contributed by atoms with Gasteiger partial charge in [-0.15, -0.1) is 0 Å². The van der Waals surface area contributed by atoms with Crippen LogP contribution in [-0.4, -0.2) is 33.4 Å². The third-order valence-corrected chi connectivity index (χ3v) is 4.45. The van der Waals surface area contributed by atoms with Crippen molar-refractivity contribution < 1.29 is 14.4 Å². The molecule has 29 heavy (non-hydrogen) atoms. The first-order chi connectivity index (χ1) is 14.0. The average Bonchev–Trinajstić information content (AvgIpc) is 2.73. The Morgan fingerprint density at radius 3 is 2.69 bits per heavy atom. The van der Waals surface area contributed by atoms with Gasteiger partial charge >= 0.3 is 11.8 Å². The van der Waals surface area contributed by atoms with Crippen molar-refractivity contribution >= 4 is 34.9 Å². The number of hydrogen-bond donors (Lipinski definition) is 3. The minimum atomic E-state index is -0.965. The van der Waals surface area contributed by atoms with E-state index in [0.717, 1.165) is 24.9 Å². The summed E-state index contributed by atoms with van der Waals surface area (Å²) in [6, 6.07) is 5.93. The third kappa shape index (κ3) is 5.68. The van der Waals surface area contributed by atoms with Gasteiger partial charge in [0.15, 0.2) is 5.82 Å².